The van der Waals surface area contributed by atoms with Gasteiger partial charge in [-0.25, -0.2) is 0 Å². The minimum atomic E-state index is -0.0665. The first-order valence-corrected chi connectivity index (χ1v) is 12.5. The standard InChI is InChI=1S/C34H36N/c1-10-13-24-20-35(9)31(18-21(24)2)27-19-30-28(16-23(27)4)29-17-22(3)25-14-11-12-15-26(25)32(29)34(7,8)33(30,5)6/h11-12,14-20H,1-9H3/q+1/i1D. The lowest BCUT2D eigenvalue weighted by atomic mass is 9.54. The van der Waals surface area contributed by atoms with Crippen LogP contribution in [0.3, 0.4) is 0 Å². The molecule has 35 heavy (non-hydrogen) atoms. The average molecular weight is 460 g/mol. The summed E-state index contributed by atoms with van der Waals surface area (Å²) in [6, 6.07) is 18.4. The molecule has 1 aliphatic carbocycles. The Balaban J connectivity index is 1.81. The smallest absolute Gasteiger partial charge is 0.200 e. The third-order valence-corrected chi connectivity index (χ3v) is 8.75. The molecule has 0 saturated carbocycles. The van der Waals surface area contributed by atoms with E-state index in [1.807, 2.05) is 0 Å². The number of hydrogen-bond donors (Lipinski definition) is 0. The lowest BCUT2D eigenvalue weighted by Gasteiger charge is -2.49. The maximum Gasteiger partial charge on any atom is 0.212 e. The molecule has 1 aliphatic rings. The van der Waals surface area contributed by atoms with Crippen molar-refractivity contribution in [1.82, 2.24) is 0 Å². The largest absolute Gasteiger partial charge is 0.212 e. The molecule has 0 N–H and O–H groups in total. The van der Waals surface area contributed by atoms with Crippen LogP contribution in [0.1, 0.15) is 69.3 Å². The van der Waals surface area contributed by atoms with E-state index >= 15 is 0 Å². The van der Waals surface area contributed by atoms with Crippen LogP contribution in [-0.2, 0) is 17.9 Å². The molecular formula is C34H36N+. The van der Waals surface area contributed by atoms with E-state index in [1.165, 1.54) is 55.4 Å². The SMILES string of the molecule is [2H]CC#Cc1c[n+](C)c(-c2cc3c(cc2C)-c2cc(C)c4ccccc4c2C(C)(C)C3(C)C)cc1C. The number of pyridine rings is 1. The third-order valence-electron chi connectivity index (χ3n) is 8.75. The quantitative estimate of drug-likeness (QED) is 0.201. The Morgan fingerprint density at radius 2 is 1.46 bits per heavy atom. The van der Waals surface area contributed by atoms with E-state index in [-0.39, 0.29) is 17.7 Å². The zero-order valence-electron chi connectivity index (χ0n) is 23.4. The summed E-state index contributed by atoms with van der Waals surface area (Å²) in [5.74, 6) is 6.04. The topological polar surface area (TPSA) is 3.88 Å². The molecule has 0 bridgehead atoms. The lowest BCUT2D eigenvalue weighted by Crippen LogP contribution is -2.44. The summed E-state index contributed by atoms with van der Waals surface area (Å²) in [5.41, 5.74) is 12.7. The Labute approximate surface area is 212 Å². The van der Waals surface area contributed by atoms with E-state index in [9.17, 15) is 0 Å². The molecule has 0 atom stereocenters. The van der Waals surface area contributed by atoms with E-state index in [4.69, 9.17) is 1.37 Å². The highest BCUT2D eigenvalue weighted by Gasteiger charge is 2.47. The molecule has 1 heterocycles. The molecule has 0 fully saturated rings. The lowest BCUT2D eigenvalue weighted by molar-refractivity contribution is -0.660. The molecule has 0 unspecified atom stereocenters. The van der Waals surface area contributed by atoms with E-state index in [1.54, 1.807) is 0 Å². The van der Waals surface area contributed by atoms with Crippen molar-refractivity contribution >= 4 is 10.8 Å². The Morgan fingerprint density at radius 3 is 2.17 bits per heavy atom. The monoisotopic (exact) mass is 459 g/mol. The first-order valence-electron chi connectivity index (χ1n) is 13.2. The molecule has 4 aromatic rings. The molecule has 0 spiro atoms. The van der Waals surface area contributed by atoms with Gasteiger partial charge in [0.25, 0.3) is 0 Å². The van der Waals surface area contributed by atoms with Crippen molar-refractivity contribution in [2.75, 3.05) is 0 Å². The molecule has 5 rings (SSSR count). The van der Waals surface area contributed by atoms with Gasteiger partial charge in [-0.1, -0.05) is 70.0 Å². The van der Waals surface area contributed by atoms with Crippen molar-refractivity contribution in [1.29, 1.82) is 0 Å². The Hall–Kier alpha value is -3.37. The fourth-order valence-corrected chi connectivity index (χ4v) is 6.06. The summed E-state index contributed by atoms with van der Waals surface area (Å²) in [4.78, 5) is 0. The van der Waals surface area contributed by atoms with Crippen LogP contribution in [0, 0.1) is 32.6 Å². The number of hydrogen-bond acceptors (Lipinski definition) is 0. The van der Waals surface area contributed by atoms with Crippen LogP contribution in [-0.4, -0.2) is 0 Å². The molecule has 176 valence electrons. The Bertz CT molecular complexity index is 1610. The van der Waals surface area contributed by atoms with Crippen LogP contribution >= 0.6 is 0 Å². The van der Waals surface area contributed by atoms with E-state index in [2.05, 4.69) is 127 Å². The molecule has 0 amide bonds. The molecule has 0 aliphatic heterocycles. The molecule has 3 aromatic carbocycles. The maximum atomic E-state index is 7.37. The van der Waals surface area contributed by atoms with Crippen LogP contribution in [0.2, 0.25) is 0 Å². The molecular weight excluding hydrogens is 422 g/mol. The summed E-state index contributed by atoms with van der Waals surface area (Å²) >= 11 is 0. The predicted octanol–water partition coefficient (Wildman–Crippen LogP) is 7.86. The van der Waals surface area contributed by atoms with Gasteiger partial charge in [0.2, 0.25) is 5.69 Å². The molecule has 1 aromatic heterocycles. The van der Waals surface area contributed by atoms with Crippen molar-refractivity contribution < 1.29 is 5.94 Å². The highest BCUT2D eigenvalue weighted by atomic mass is 14.9. The first-order chi connectivity index (χ1) is 17.0. The highest BCUT2D eigenvalue weighted by molar-refractivity contribution is 5.98. The summed E-state index contributed by atoms with van der Waals surface area (Å²) in [5, 5.41) is 2.73. The molecule has 1 heteroatoms. The minimum absolute atomic E-state index is 0.0526. The summed E-state index contributed by atoms with van der Waals surface area (Å²) in [6.45, 7) is 16.4. The Morgan fingerprint density at radius 1 is 0.771 bits per heavy atom. The maximum absolute atomic E-state index is 7.37. The summed E-state index contributed by atoms with van der Waals surface area (Å²) in [7, 11) is 2.10. The van der Waals surface area contributed by atoms with E-state index in [0.29, 0.717) is 0 Å². The number of rotatable bonds is 1. The van der Waals surface area contributed by atoms with Crippen molar-refractivity contribution in [3.05, 3.63) is 88.1 Å². The average Bonchev–Trinajstić information content (AvgIpc) is 2.83. The van der Waals surface area contributed by atoms with Gasteiger partial charge in [0.1, 0.15) is 7.05 Å². The van der Waals surface area contributed by atoms with Crippen LogP contribution < -0.4 is 4.57 Å². The summed E-state index contributed by atoms with van der Waals surface area (Å²) < 4.78 is 9.55. The molecule has 1 nitrogen and oxygen atoms in total. The fourth-order valence-electron chi connectivity index (χ4n) is 6.06. The van der Waals surface area contributed by atoms with Crippen molar-refractivity contribution in [2.45, 2.75) is 66.2 Å². The zero-order chi connectivity index (χ0) is 26.0. The predicted molar refractivity (Wildman–Crippen MR) is 149 cm³/mol. The number of benzene rings is 3. The van der Waals surface area contributed by atoms with E-state index in [0.717, 1.165) is 11.1 Å². The van der Waals surface area contributed by atoms with Gasteiger partial charge in [-0.3, -0.25) is 0 Å². The summed E-state index contributed by atoms with van der Waals surface area (Å²) in [6.07, 6.45) is 2.10. The zero-order valence-corrected chi connectivity index (χ0v) is 22.4. The van der Waals surface area contributed by atoms with Crippen LogP contribution in [0.4, 0.5) is 0 Å². The molecule has 0 saturated heterocycles. The second kappa shape index (κ2) is 7.82. The number of nitrogens with zero attached hydrogens (tertiary/aromatic N) is 1. The van der Waals surface area contributed by atoms with Gasteiger partial charge in [-0.15, -0.1) is 5.92 Å². The van der Waals surface area contributed by atoms with Gasteiger partial charge < -0.3 is 0 Å². The van der Waals surface area contributed by atoms with Gasteiger partial charge in [0, 0.05) is 18.4 Å². The number of aryl methyl sites for hydroxylation is 4. The van der Waals surface area contributed by atoms with Crippen molar-refractivity contribution in [3.8, 4) is 34.2 Å². The number of fused-ring (bicyclic) bond motifs is 5. The fraction of sp³-hybridized carbons (Fsp3) is 0.324. The molecule has 0 radical (unpaired) electrons. The van der Waals surface area contributed by atoms with E-state index < -0.39 is 0 Å². The van der Waals surface area contributed by atoms with Crippen molar-refractivity contribution in [2.24, 2.45) is 7.05 Å². The normalized spacial score (nSPS) is 15.6. The van der Waals surface area contributed by atoms with Gasteiger partial charge in [0.15, 0.2) is 6.20 Å². The second-order valence-corrected chi connectivity index (χ2v) is 11.3. The first kappa shape index (κ1) is 22.1. The van der Waals surface area contributed by atoms with Crippen LogP contribution in [0.5, 0.6) is 0 Å². The second-order valence-electron chi connectivity index (χ2n) is 11.3. The van der Waals surface area contributed by atoms with Gasteiger partial charge in [-0.2, -0.15) is 4.57 Å². The highest BCUT2D eigenvalue weighted by Crippen LogP contribution is 2.56. The van der Waals surface area contributed by atoms with Gasteiger partial charge in [-0.05, 0) is 88.9 Å². The van der Waals surface area contributed by atoms with Crippen molar-refractivity contribution in [3.63, 3.8) is 0 Å². The van der Waals surface area contributed by atoms with Crippen LogP contribution in [0.15, 0.2) is 54.7 Å². The van der Waals surface area contributed by atoms with Crippen LogP contribution in [0.25, 0.3) is 33.2 Å². The van der Waals surface area contributed by atoms with Gasteiger partial charge in [0.05, 0.1) is 5.56 Å². The Kier molecular flexibility index (Phi) is 4.94. The number of aromatic nitrogens is 1. The minimum Gasteiger partial charge on any atom is -0.200 e. The third kappa shape index (κ3) is 3.27. The van der Waals surface area contributed by atoms with Gasteiger partial charge >= 0.3 is 0 Å².